The number of carbonyl (C=O) groups is 1. The normalized spacial score (nSPS) is 18.0. The summed E-state index contributed by atoms with van der Waals surface area (Å²) in [6, 6.07) is 3.41. The monoisotopic (exact) mass is 264 g/mol. The molecule has 6 heteroatoms. The molecule has 1 aromatic heterocycles. The van der Waals surface area contributed by atoms with E-state index in [1.165, 1.54) is 0 Å². The number of aromatic nitrogens is 2. The molecule has 0 radical (unpaired) electrons. The Morgan fingerprint density at radius 3 is 2.67 bits per heavy atom. The van der Waals surface area contributed by atoms with Crippen LogP contribution < -0.4 is 11.1 Å². The van der Waals surface area contributed by atoms with Crippen molar-refractivity contribution in [3.05, 3.63) is 18.3 Å². The van der Waals surface area contributed by atoms with Gasteiger partial charge >= 0.3 is 0 Å². The van der Waals surface area contributed by atoms with Gasteiger partial charge in [0.05, 0.1) is 10.4 Å². The van der Waals surface area contributed by atoms with E-state index in [0.717, 1.165) is 19.3 Å². The predicted octanol–water partition coefficient (Wildman–Crippen LogP) is 1.65. The zero-order valence-electron chi connectivity index (χ0n) is 10.1. The Balaban J connectivity index is 2.16. The van der Waals surface area contributed by atoms with Gasteiger partial charge in [-0.05, 0) is 25.0 Å². The fourth-order valence-electron chi connectivity index (χ4n) is 2.34. The zero-order valence-corrected chi connectivity index (χ0v) is 10.9. The van der Waals surface area contributed by atoms with Gasteiger partial charge in [0.1, 0.15) is 0 Å². The van der Waals surface area contributed by atoms with Crippen molar-refractivity contribution in [1.82, 2.24) is 10.2 Å². The lowest BCUT2D eigenvalue weighted by atomic mass is 9.73. The summed E-state index contributed by atoms with van der Waals surface area (Å²) in [5.41, 5.74) is 5.07. The van der Waals surface area contributed by atoms with Gasteiger partial charge in [0.25, 0.3) is 0 Å². The molecule has 1 heterocycles. The minimum atomic E-state index is -0.717. The molecule has 1 fully saturated rings. The number of nitrogens with zero attached hydrogens (tertiary/aromatic N) is 2. The first kappa shape index (κ1) is 12.9. The van der Waals surface area contributed by atoms with Crippen molar-refractivity contribution < 1.29 is 4.79 Å². The summed E-state index contributed by atoms with van der Waals surface area (Å²) in [4.78, 5) is 12.7. The number of thiocarbonyl (C=S) groups is 1. The van der Waals surface area contributed by atoms with E-state index >= 15 is 0 Å². The Morgan fingerprint density at radius 1 is 1.39 bits per heavy atom. The van der Waals surface area contributed by atoms with Gasteiger partial charge in [0.2, 0.25) is 5.91 Å². The summed E-state index contributed by atoms with van der Waals surface area (Å²) in [6.45, 7) is 0. The van der Waals surface area contributed by atoms with E-state index in [9.17, 15) is 4.79 Å². The van der Waals surface area contributed by atoms with Gasteiger partial charge in [0.15, 0.2) is 5.82 Å². The van der Waals surface area contributed by atoms with Crippen LogP contribution in [0.4, 0.5) is 5.82 Å². The quantitative estimate of drug-likeness (QED) is 0.811. The van der Waals surface area contributed by atoms with Gasteiger partial charge in [-0.2, -0.15) is 5.10 Å². The number of nitrogens with two attached hydrogens (primary N) is 1. The molecule has 0 aliphatic heterocycles. The van der Waals surface area contributed by atoms with Gasteiger partial charge < -0.3 is 11.1 Å². The first-order valence-electron chi connectivity index (χ1n) is 6.04. The maximum absolute atomic E-state index is 12.4. The Labute approximate surface area is 111 Å². The molecule has 1 aliphatic carbocycles. The number of rotatable bonds is 3. The van der Waals surface area contributed by atoms with Gasteiger partial charge in [-0.15, -0.1) is 5.10 Å². The number of amides is 1. The van der Waals surface area contributed by atoms with Crippen LogP contribution in [-0.2, 0) is 4.79 Å². The second-order valence-electron chi connectivity index (χ2n) is 4.57. The minimum absolute atomic E-state index is 0.157. The Kier molecular flexibility index (Phi) is 3.86. The highest BCUT2D eigenvalue weighted by Gasteiger charge is 2.42. The Bertz CT molecular complexity index is 443. The molecule has 5 nitrogen and oxygen atoms in total. The van der Waals surface area contributed by atoms with Crippen molar-refractivity contribution in [2.45, 2.75) is 32.1 Å². The molecule has 0 unspecified atom stereocenters. The average molecular weight is 264 g/mol. The highest BCUT2D eigenvalue weighted by molar-refractivity contribution is 7.80. The first-order valence-corrected chi connectivity index (χ1v) is 6.45. The van der Waals surface area contributed by atoms with Crippen LogP contribution in [-0.4, -0.2) is 21.1 Å². The molecule has 2 rings (SSSR count). The van der Waals surface area contributed by atoms with Crippen LogP contribution in [0, 0.1) is 5.41 Å². The fourth-order valence-corrected chi connectivity index (χ4v) is 2.64. The lowest BCUT2D eigenvalue weighted by Gasteiger charge is -2.34. The molecule has 1 aromatic rings. The smallest absolute Gasteiger partial charge is 0.238 e. The summed E-state index contributed by atoms with van der Waals surface area (Å²) in [5, 5.41) is 10.3. The van der Waals surface area contributed by atoms with Crippen molar-refractivity contribution in [2.75, 3.05) is 5.32 Å². The molecular formula is C12H16N4OS. The summed E-state index contributed by atoms with van der Waals surface area (Å²) in [7, 11) is 0. The van der Waals surface area contributed by atoms with Gasteiger partial charge in [-0.1, -0.05) is 31.5 Å². The third kappa shape index (κ3) is 2.48. The molecule has 3 N–H and O–H groups in total. The van der Waals surface area contributed by atoms with E-state index in [0.29, 0.717) is 18.7 Å². The lowest BCUT2D eigenvalue weighted by molar-refractivity contribution is -0.123. The van der Waals surface area contributed by atoms with Crippen LogP contribution in [0.1, 0.15) is 32.1 Å². The van der Waals surface area contributed by atoms with E-state index in [2.05, 4.69) is 15.5 Å². The van der Waals surface area contributed by atoms with Crippen molar-refractivity contribution in [3.8, 4) is 0 Å². The maximum Gasteiger partial charge on any atom is 0.238 e. The number of hydrogen-bond donors (Lipinski definition) is 2. The van der Waals surface area contributed by atoms with E-state index in [-0.39, 0.29) is 10.9 Å². The summed E-state index contributed by atoms with van der Waals surface area (Å²) < 4.78 is 0. The minimum Gasteiger partial charge on any atom is -0.392 e. The molecular weight excluding hydrogens is 248 g/mol. The zero-order chi connectivity index (χ0) is 13.0. The number of hydrogen-bond acceptors (Lipinski definition) is 4. The highest BCUT2D eigenvalue weighted by atomic mass is 32.1. The fraction of sp³-hybridized carbons (Fsp3) is 0.500. The van der Waals surface area contributed by atoms with E-state index < -0.39 is 5.41 Å². The second kappa shape index (κ2) is 5.39. The standard InChI is InChI=1S/C12H16N4OS/c13-10(18)12(6-2-1-3-7-12)11(17)15-9-5-4-8-14-16-9/h4-5,8H,1-3,6-7H2,(H2,13,18)(H,15,16,17). The van der Waals surface area contributed by atoms with Crippen molar-refractivity contribution in [1.29, 1.82) is 0 Å². The van der Waals surface area contributed by atoms with Crippen molar-refractivity contribution in [3.63, 3.8) is 0 Å². The molecule has 1 saturated carbocycles. The van der Waals surface area contributed by atoms with Crippen LogP contribution in [0.3, 0.4) is 0 Å². The van der Waals surface area contributed by atoms with Crippen molar-refractivity contribution >= 4 is 28.9 Å². The predicted molar refractivity (Wildman–Crippen MR) is 73.0 cm³/mol. The third-order valence-electron chi connectivity index (χ3n) is 3.43. The summed E-state index contributed by atoms with van der Waals surface area (Å²) in [5.74, 6) is 0.277. The topological polar surface area (TPSA) is 80.9 Å². The van der Waals surface area contributed by atoms with Crippen LogP contribution in [0.5, 0.6) is 0 Å². The third-order valence-corrected chi connectivity index (χ3v) is 3.82. The SMILES string of the molecule is NC(=S)C1(C(=O)Nc2cccnn2)CCCCC1. The van der Waals surface area contributed by atoms with E-state index in [4.69, 9.17) is 18.0 Å². The molecule has 1 aliphatic rings. The van der Waals surface area contributed by atoms with Crippen LogP contribution in [0.15, 0.2) is 18.3 Å². The summed E-state index contributed by atoms with van der Waals surface area (Å²) in [6.07, 6.45) is 6.07. The highest BCUT2D eigenvalue weighted by Crippen LogP contribution is 2.37. The van der Waals surface area contributed by atoms with Crippen LogP contribution in [0.2, 0.25) is 0 Å². The molecule has 1 amide bonds. The van der Waals surface area contributed by atoms with Crippen LogP contribution in [0.25, 0.3) is 0 Å². The summed E-state index contributed by atoms with van der Waals surface area (Å²) >= 11 is 5.10. The van der Waals surface area contributed by atoms with Gasteiger partial charge in [0, 0.05) is 6.20 Å². The first-order chi connectivity index (χ1) is 8.65. The molecule has 0 bridgehead atoms. The Hall–Kier alpha value is -1.56. The van der Waals surface area contributed by atoms with Crippen molar-refractivity contribution in [2.24, 2.45) is 11.1 Å². The number of anilines is 1. The molecule has 0 saturated heterocycles. The molecule has 96 valence electrons. The molecule has 18 heavy (non-hydrogen) atoms. The van der Waals surface area contributed by atoms with E-state index in [1.807, 2.05) is 0 Å². The van der Waals surface area contributed by atoms with E-state index in [1.54, 1.807) is 18.3 Å². The Morgan fingerprint density at radius 2 is 2.11 bits per heavy atom. The van der Waals surface area contributed by atoms with Gasteiger partial charge in [-0.25, -0.2) is 0 Å². The maximum atomic E-state index is 12.4. The van der Waals surface area contributed by atoms with Crippen LogP contribution >= 0.6 is 12.2 Å². The number of nitrogens with one attached hydrogen (secondary N) is 1. The second-order valence-corrected chi connectivity index (χ2v) is 5.01. The largest absolute Gasteiger partial charge is 0.392 e. The van der Waals surface area contributed by atoms with Gasteiger partial charge in [-0.3, -0.25) is 4.79 Å². The average Bonchev–Trinajstić information content (AvgIpc) is 2.40. The lowest BCUT2D eigenvalue weighted by Crippen LogP contribution is -2.47. The molecule has 0 aromatic carbocycles. The number of carbonyl (C=O) groups excluding carboxylic acids is 1. The molecule has 0 spiro atoms. The molecule has 0 atom stereocenters.